The maximum atomic E-state index is 12.6. The number of benzene rings is 2. The van der Waals surface area contributed by atoms with E-state index in [1.54, 1.807) is 6.07 Å². The first-order valence-electron chi connectivity index (χ1n) is 9.17. The zero-order chi connectivity index (χ0) is 21.9. The number of phenols is 1. The van der Waals surface area contributed by atoms with Gasteiger partial charge >= 0.3 is 11.9 Å². The van der Waals surface area contributed by atoms with Gasteiger partial charge in [-0.2, -0.15) is 0 Å². The Morgan fingerprint density at radius 1 is 1.17 bits per heavy atom. The molecule has 2 aromatic carbocycles. The molecule has 2 aromatic rings. The average Bonchev–Trinajstić information content (AvgIpc) is 2.65. The van der Waals surface area contributed by atoms with Crippen LogP contribution >= 0.6 is 11.6 Å². The maximum absolute atomic E-state index is 12.6. The van der Waals surface area contributed by atoms with Crippen LogP contribution in [0.1, 0.15) is 24.8 Å². The van der Waals surface area contributed by atoms with Crippen molar-refractivity contribution in [2.45, 2.75) is 30.8 Å². The molecule has 1 aliphatic rings. The molecule has 1 aliphatic carbocycles. The number of carbonyl (C=O) groups excluding carboxylic acids is 1. The highest BCUT2D eigenvalue weighted by Crippen LogP contribution is 2.34. The van der Waals surface area contributed by atoms with E-state index in [0.717, 1.165) is 19.3 Å². The Balaban J connectivity index is 1.70. The van der Waals surface area contributed by atoms with Crippen LogP contribution in [0.5, 0.6) is 11.5 Å². The summed E-state index contributed by atoms with van der Waals surface area (Å²) < 4.78 is 30.8. The van der Waals surface area contributed by atoms with Crippen LogP contribution in [0.2, 0.25) is 5.02 Å². The van der Waals surface area contributed by atoms with Crippen LogP contribution in [-0.4, -0.2) is 36.3 Å². The number of aromatic hydroxyl groups is 1. The highest BCUT2D eigenvalue weighted by Gasteiger charge is 2.28. The monoisotopic (exact) mass is 453 g/mol. The van der Waals surface area contributed by atoms with Gasteiger partial charge in [-0.1, -0.05) is 24.1 Å². The van der Waals surface area contributed by atoms with Crippen molar-refractivity contribution < 1.29 is 33.0 Å². The SMILES string of the molecule is O=C(O)C(=O)Nc1ccc(COc2ccc(O)c(S(=O)(=O)CC3CCC3)c2)c(Cl)c1. The van der Waals surface area contributed by atoms with E-state index in [9.17, 15) is 23.1 Å². The molecule has 3 N–H and O–H groups in total. The van der Waals surface area contributed by atoms with Crippen molar-refractivity contribution in [3.05, 3.63) is 47.0 Å². The molecular weight excluding hydrogens is 434 g/mol. The molecule has 1 fully saturated rings. The first-order chi connectivity index (χ1) is 14.2. The Morgan fingerprint density at radius 2 is 1.90 bits per heavy atom. The zero-order valence-corrected chi connectivity index (χ0v) is 17.4. The van der Waals surface area contributed by atoms with Gasteiger partial charge in [0.15, 0.2) is 9.84 Å². The third-order valence-electron chi connectivity index (χ3n) is 4.85. The molecule has 0 aliphatic heterocycles. The minimum atomic E-state index is -3.63. The largest absolute Gasteiger partial charge is 0.507 e. The molecule has 0 radical (unpaired) electrons. The molecule has 3 rings (SSSR count). The molecule has 8 nitrogen and oxygen atoms in total. The summed E-state index contributed by atoms with van der Waals surface area (Å²) in [7, 11) is -3.63. The van der Waals surface area contributed by atoms with E-state index < -0.39 is 21.7 Å². The predicted octanol–water partition coefficient (Wildman–Crippen LogP) is 3.22. The van der Waals surface area contributed by atoms with Crippen molar-refractivity contribution >= 4 is 39.0 Å². The normalized spacial score (nSPS) is 14.0. The fraction of sp³-hybridized carbons (Fsp3) is 0.300. The molecule has 30 heavy (non-hydrogen) atoms. The summed E-state index contributed by atoms with van der Waals surface area (Å²) in [5.41, 5.74) is 0.752. The van der Waals surface area contributed by atoms with Gasteiger partial charge in [-0.3, -0.25) is 4.79 Å². The molecule has 0 bridgehead atoms. The van der Waals surface area contributed by atoms with E-state index in [2.05, 4.69) is 5.32 Å². The molecule has 160 valence electrons. The topological polar surface area (TPSA) is 130 Å². The van der Waals surface area contributed by atoms with E-state index in [-0.39, 0.29) is 45.4 Å². The number of hydrogen-bond donors (Lipinski definition) is 3. The Kier molecular flexibility index (Phi) is 6.52. The fourth-order valence-electron chi connectivity index (χ4n) is 2.98. The second-order valence-electron chi connectivity index (χ2n) is 7.06. The number of anilines is 1. The number of carboxylic acid groups (broad SMARTS) is 1. The number of carboxylic acids is 1. The lowest BCUT2D eigenvalue weighted by atomic mass is 9.87. The Hall–Kier alpha value is -2.78. The average molecular weight is 454 g/mol. The van der Waals surface area contributed by atoms with Crippen molar-refractivity contribution in [3.8, 4) is 11.5 Å². The molecule has 10 heteroatoms. The molecule has 0 unspecified atom stereocenters. The van der Waals surface area contributed by atoms with E-state index in [1.165, 1.54) is 30.3 Å². The Bertz CT molecular complexity index is 1080. The highest BCUT2D eigenvalue weighted by atomic mass is 35.5. The summed E-state index contributed by atoms with van der Waals surface area (Å²) in [5, 5.41) is 21.0. The van der Waals surface area contributed by atoms with Gasteiger partial charge in [-0.15, -0.1) is 0 Å². The molecule has 0 atom stereocenters. The van der Waals surface area contributed by atoms with Gasteiger partial charge in [-0.05, 0) is 43.0 Å². The highest BCUT2D eigenvalue weighted by molar-refractivity contribution is 7.91. The van der Waals surface area contributed by atoms with Crippen LogP contribution in [0, 0.1) is 5.92 Å². The van der Waals surface area contributed by atoms with Crippen LogP contribution in [0.25, 0.3) is 0 Å². The predicted molar refractivity (Wildman–Crippen MR) is 110 cm³/mol. The molecular formula is C20H20ClNO7S. The van der Waals surface area contributed by atoms with Crippen LogP contribution in [0.3, 0.4) is 0 Å². The van der Waals surface area contributed by atoms with E-state index in [4.69, 9.17) is 21.4 Å². The first kappa shape index (κ1) is 21.9. The quantitative estimate of drug-likeness (QED) is 0.548. The number of carbonyl (C=O) groups is 2. The number of phenolic OH excluding ortho intramolecular Hbond substituents is 1. The van der Waals surface area contributed by atoms with Crippen LogP contribution in [-0.2, 0) is 26.0 Å². The number of hydrogen-bond acceptors (Lipinski definition) is 6. The number of rotatable bonds is 7. The number of ether oxygens (including phenoxy) is 1. The van der Waals surface area contributed by atoms with Crippen molar-refractivity contribution in [2.75, 3.05) is 11.1 Å². The minimum Gasteiger partial charge on any atom is -0.507 e. The maximum Gasteiger partial charge on any atom is 0.394 e. The number of halogens is 1. The standard InChI is InChI=1S/C20H20ClNO7S/c21-16-8-14(22-19(24)20(25)26)5-4-13(16)10-29-15-6-7-17(23)18(9-15)30(27,28)11-12-2-1-3-12/h4-9,12,23H,1-3,10-11H2,(H,22,24)(H,25,26). The molecule has 0 aromatic heterocycles. The van der Waals surface area contributed by atoms with Gasteiger partial charge in [0.25, 0.3) is 0 Å². The van der Waals surface area contributed by atoms with Crippen molar-refractivity contribution in [3.63, 3.8) is 0 Å². The second kappa shape index (κ2) is 8.93. The molecule has 0 saturated heterocycles. The summed E-state index contributed by atoms with van der Waals surface area (Å²) in [6.07, 6.45) is 2.77. The van der Waals surface area contributed by atoms with Crippen LogP contribution < -0.4 is 10.1 Å². The van der Waals surface area contributed by atoms with E-state index in [0.29, 0.717) is 5.56 Å². The molecule has 1 saturated carbocycles. The smallest absolute Gasteiger partial charge is 0.394 e. The third kappa shape index (κ3) is 5.22. The first-order valence-corrected chi connectivity index (χ1v) is 11.2. The Morgan fingerprint density at radius 3 is 2.50 bits per heavy atom. The van der Waals surface area contributed by atoms with Gasteiger partial charge in [0, 0.05) is 22.3 Å². The third-order valence-corrected chi connectivity index (χ3v) is 7.10. The van der Waals surface area contributed by atoms with Gasteiger partial charge in [0.2, 0.25) is 0 Å². The summed E-state index contributed by atoms with van der Waals surface area (Å²) in [4.78, 5) is 21.6. The summed E-state index contributed by atoms with van der Waals surface area (Å²) in [6, 6.07) is 8.42. The van der Waals surface area contributed by atoms with Gasteiger partial charge in [0.05, 0.1) is 5.75 Å². The van der Waals surface area contributed by atoms with E-state index in [1.807, 2.05) is 0 Å². The summed E-state index contributed by atoms with van der Waals surface area (Å²) in [6.45, 7) is -0.00111. The molecule has 0 spiro atoms. The zero-order valence-electron chi connectivity index (χ0n) is 15.8. The lowest BCUT2D eigenvalue weighted by molar-refractivity contribution is -0.147. The summed E-state index contributed by atoms with van der Waals surface area (Å²) >= 11 is 6.15. The minimum absolute atomic E-state index is 0.000628. The lowest BCUT2D eigenvalue weighted by Gasteiger charge is -2.25. The molecule has 0 heterocycles. The van der Waals surface area contributed by atoms with Gasteiger partial charge < -0.3 is 20.3 Å². The number of nitrogens with one attached hydrogen (secondary N) is 1. The molecule has 1 amide bonds. The fourth-order valence-corrected chi connectivity index (χ4v) is 5.03. The second-order valence-corrected chi connectivity index (χ2v) is 9.47. The number of sulfone groups is 1. The van der Waals surface area contributed by atoms with Crippen molar-refractivity contribution in [2.24, 2.45) is 5.92 Å². The Labute approximate surface area is 178 Å². The number of aliphatic carboxylic acids is 1. The lowest BCUT2D eigenvalue weighted by Crippen LogP contribution is -2.22. The van der Waals surface area contributed by atoms with E-state index >= 15 is 0 Å². The van der Waals surface area contributed by atoms with Crippen molar-refractivity contribution in [1.82, 2.24) is 0 Å². The van der Waals surface area contributed by atoms with Crippen LogP contribution in [0.15, 0.2) is 41.3 Å². The summed E-state index contributed by atoms with van der Waals surface area (Å²) in [5.74, 6) is -2.75. The van der Waals surface area contributed by atoms with Crippen molar-refractivity contribution in [1.29, 1.82) is 0 Å². The van der Waals surface area contributed by atoms with Gasteiger partial charge in [0.1, 0.15) is 23.0 Å². The van der Waals surface area contributed by atoms with Crippen LogP contribution in [0.4, 0.5) is 5.69 Å². The number of amides is 1. The van der Waals surface area contributed by atoms with Gasteiger partial charge in [-0.25, -0.2) is 13.2 Å².